The number of hydrogen-bond acceptors (Lipinski definition) is 5. The van der Waals surface area contributed by atoms with E-state index in [2.05, 4.69) is 14.5 Å². The van der Waals surface area contributed by atoms with Crippen LogP contribution in [0.4, 0.5) is 0 Å². The Balaban J connectivity index is 3.48. The largest absolute Gasteiger partial charge is 0.465 e. The number of nitrogens with one attached hydrogen (secondary N) is 1. The summed E-state index contributed by atoms with van der Waals surface area (Å²) in [5, 5.41) is 2.68. The number of hydrogen-bond donors (Lipinski definition) is 2. The van der Waals surface area contributed by atoms with Crippen LogP contribution in [0.25, 0.3) is 0 Å². The third kappa shape index (κ3) is 7.77. The first kappa shape index (κ1) is 13.1. The van der Waals surface area contributed by atoms with E-state index in [1.54, 1.807) is 14.1 Å². The van der Waals surface area contributed by atoms with E-state index in [-0.39, 0.29) is 13.2 Å². The Morgan fingerprint density at radius 1 is 1.50 bits per heavy atom. The molecule has 8 heteroatoms. The van der Waals surface area contributed by atoms with Crippen molar-refractivity contribution in [3.8, 4) is 0 Å². The molecule has 0 aliphatic heterocycles. The molecule has 0 fully saturated rings. The zero-order chi connectivity index (χ0) is 11.0. The summed E-state index contributed by atoms with van der Waals surface area (Å²) in [6.07, 6.45) is 0.334. The maximum atomic E-state index is 10.1. The van der Waals surface area contributed by atoms with Gasteiger partial charge in [0.1, 0.15) is 0 Å². The third-order valence-electron chi connectivity index (χ3n) is 1.18. The summed E-state index contributed by atoms with van der Waals surface area (Å²) in [6, 6.07) is 0.358. The molecule has 0 saturated heterocycles. The molecule has 0 amide bonds. The molecule has 84 valence electrons. The average molecular weight is 226 g/mol. The molecular formula is C6H14N2O5S. The fraction of sp³-hybridized carbons (Fsp3) is 0.833. The zero-order valence-corrected chi connectivity index (χ0v) is 8.87. The van der Waals surface area contributed by atoms with E-state index in [0.717, 1.165) is 0 Å². The van der Waals surface area contributed by atoms with Gasteiger partial charge in [-0.1, -0.05) is 0 Å². The lowest BCUT2D eigenvalue weighted by atomic mass is 10.5. The van der Waals surface area contributed by atoms with E-state index in [0.29, 0.717) is 12.4 Å². The highest BCUT2D eigenvalue weighted by atomic mass is 32.3. The number of ether oxygens (including phenoxy) is 1. The van der Waals surface area contributed by atoms with Gasteiger partial charge in [0.15, 0.2) is 0 Å². The van der Waals surface area contributed by atoms with Gasteiger partial charge in [-0.3, -0.25) is 4.55 Å². The van der Waals surface area contributed by atoms with Crippen molar-refractivity contribution in [3.63, 3.8) is 0 Å². The van der Waals surface area contributed by atoms with Crippen LogP contribution in [0.5, 0.6) is 0 Å². The Morgan fingerprint density at radius 2 is 2.14 bits per heavy atom. The minimum atomic E-state index is -4.34. The van der Waals surface area contributed by atoms with E-state index >= 15 is 0 Å². The third-order valence-corrected chi connectivity index (χ3v) is 1.64. The highest BCUT2D eigenvalue weighted by Gasteiger charge is 2.03. The molecule has 2 N–H and O–H groups in total. The van der Waals surface area contributed by atoms with E-state index in [9.17, 15) is 8.42 Å². The normalized spacial score (nSPS) is 12.6. The molecule has 0 rings (SSSR count). The maximum absolute atomic E-state index is 10.1. The van der Waals surface area contributed by atoms with Crippen molar-refractivity contribution in [2.45, 2.75) is 6.42 Å². The first-order valence-corrected chi connectivity index (χ1v) is 5.25. The quantitative estimate of drug-likeness (QED) is 0.282. The molecular weight excluding hydrogens is 212 g/mol. The standard InChI is InChI=1S/C6H14N2O5S/c1-7-6(8-2)12-4-3-5-13-14(9,10)11/h3-5H2,1-2H3,(H,7,8)(H,9,10,11). The summed E-state index contributed by atoms with van der Waals surface area (Å²) >= 11 is 0. The molecule has 0 aliphatic rings. The lowest BCUT2D eigenvalue weighted by Gasteiger charge is -2.06. The van der Waals surface area contributed by atoms with Crippen molar-refractivity contribution in [1.82, 2.24) is 5.32 Å². The van der Waals surface area contributed by atoms with Gasteiger partial charge in [0.2, 0.25) is 0 Å². The van der Waals surface area contributed by atoms with Gasteiger partial charge in [-0.2, -0.15) is 8.42 Å². The molecule has 0 spiro atoms. The molecule has 0 bridgehead atoms. The summed E-state index contributed by atoms with van der Waals surface area (Å²) in [5.41, 5.74) is 0. The molecule has 0 heterocycles. The zero-order valence-electron chi connectivity index (χ0n) is 8.06. The summed E-state index contributed by atoms with van der Waals surface area (Å²) in [6.45, 7) is 0.128. The first-order chi connectivity index (χ1) is 6.49. The molecule has 0 aliphatic carbocycles. The molecule has 0 aromatic rings. The van der Waals surface area contributed by atoms with Crippen LogP contribution in [0.15, 0.2) is 4.99 Å². The van der Waals surface area contributed by atoms with Crippen molar-refractivity contribution < 1.29 is 21.9 Å². The van der Waals surface area contributed by atoms with Crippen molar-refractivity contribution in [2.75, 3.05) is 27.3 Å². The summed E-state index contributed by atoms with van der Waals surface area (Å²) in [4.78, 5) is 3.73. The topological polar surface area (TPSA) is 97.2 Å². The Morgan fingerprint density at radius 3 is 2.57 bits per heavy atom. The highest BCUT2D eigenvalue weighted by molar-refractivity contribution is 7.80. The predicted molar refractivity (Wildman–Crippen MR) is 50.5 cm³/mol. The minimum absolute atomic E-state index is 0.125. The van der Waals surface area contributed by atoms with Crippen LogP contribution in [0.2, 0.25) is 0 Å². The summed E-state index contributed by atoms with van der Waals surface area (Å²) in [5.74, 6) is 0. The number of amidine groups is 1. The predicted octanol–water partition coefficient (Wildman–Crippen LogP) is -0.582. The van der Waals surface area contributed by atoms with Crippen molar-refractivity contribution in [2.24, 2.45) is 4.99 Å². The smallest absolute Gasteiger partial charge is 0.397 e. The monoisotopic (exact) mass is 226 g/mol. The van der Waals surface area contributed by atoms with Gasteiger partial charge in [-0.15, -0.1) is 0 Å². The fourth-order valence-electron chi connectivity index (χ4n) is 0.641. The van der Waals surface area contributed by atoms with E-state index in [1.165, 1.54) is 0 Å². The molecule has 14 heavy (non-hydrogen) atoms. The van der Waals surface area contributed by atoms with Gasteiger partial charge < -0.3 is 10.1 Å². The number of aliphatic imine (C=N–C) groups is 1. The first-order valence-electron chi connectivity index (χ1n) is 3.88. The van der Waals surface area contributed by atoms with Crippen molar-refractivity contribution in [1.29, 1.82) is 0 Å². The summed E-state index contributed by atoms with van der Waals surface area (Å²) < 4.78 is 37.5. The lowest BCUT2D eigenvalue weighted by molar-refractivity contribution is 0.220. The van der Waals surface area contributed by atoms with Gasteiger partial charge >= 0.3 is 10.4 Å². The SMILES string of the molecule is C/N=C(/NC)OCCCOS(=O)(=O)O. The Labute approximate surface area is 83.1 Å². The molecule has 0 aromatic heterocycles. The van der Waals surface area contributed by atoms with Crippen LogP contribution in [-0.4, -0.2) is 46.3 Å². The van der Waals surface area contributed by atoms with Crippen LogP contribution in [-0.2, 0) is 19.3 Å². The number of nitrogens with zero attached hydrogens (tertiary/aromatic N) is 1. The maximum Gasteiger partial charge on any atom is 0.397 e. The van der Waals surface area contributed by atoms with Crippen LogP contribution in [0.1, 0.15) is 6.42 Å². The van der Waals surface area contributed by atoms with E-state index in [4.69, 9.17) is 9.29 Å². The van der Waals surface area contributed by atoms with Crippen molar-refractivity contribution in [3.05, 3.63) is 0 Å². The second-order valence-electron chi connectivity index (χ2n) is 2.23. The molecule has 0 radical (unpaired) electrons. The van der Waals surface area contributed by atoms with E-state index < -0.39 is 10.4 Å². The van der Waals surface area contributed by atoms with Crippen LogP contribution < -0.4 is 5.32 Å². The Hall–Kier alpha value is -0.860. The van der Waals surface area contributed by atoms with Crippen LogP contribution in [0.3, 0.4) is 0 Å². The highest BCUT2D eigenvalue weighted by Crippen LogP contribution is 1.90. The van der Waals surface area contributed by atoms with Gasteiger partial charge in [0.05, 0.1) is 13.2 Å². The average Bonchev–Trinajstić information content (AvgIpc) is 2.09. The van der Waals surface area contributed by atoms with Crippen LogP contribution in [0, 0.1) is 0 Å². The van der Waals surface area contributed by atoms with Gasteiger partial charge in [-0.05, 0) is 0 Å². The molecule has 0 aromatic carbocycles. The lowest BCUT2D eigenvalue weighted by Crippen LogP contribution is -2.22. The minimum Gasteiger partial charge on any atom is -0.465 e. The molecule has 0 atom stereocenters. The second-order valence-corrected chi connectivity index (χ2v) is 3.32. The van der Waals surface area contributed by atoms with Gasteiger partial charge in [0, 0.05) is 20.5 Å². The van der Waals surface area contributed by atoms with Gasteiger partial charge in [0.25, 0.3) is 6.02 Å². The molecule has 7 nitrogen and oxygen atoms in total. The Kier molecular flexibility index (Phi) is 6.17. The van der Waals surface area contributed by atoms with E-state index in [1.807, 2.05) is 0 Å². The summed E-state index contributed by atoms with van der Waals surface area (Å²) in [7, 11) is -1.13. The second kappa shape index (κ2) is 6.57. The molecule has 0 saturated carbocycles. The Bertz CT molecular complexity index is 274. The number of rotatable bonds is 5. The van der Waals surface area contributed by atoms with Gasteiger partial charge in [-0.25, -0.2) is 9.18 Å². The molecule has 0 unspecified atom stereocenters. The fourth-order valence-corrected chi connectivity index (χ4v) is 0.969. The van der Waals surface area contributed by atoms with Crippen molar-refractivity contribution >= 4 is 16.4 Å². The van der Waals surface area contributed by atoms with Crippen LogP contribution >= 0.6 is 0 Å².